The van der Waals surface area contributed by atoms with Gasteiger partial charge in [-0.25, -0.2) is 8.42 Å². The Labute approximate surface area is 109 Å². The van der Waals surface area contributed by atoms with Crippen LogP contribution in [0, 0.1) is 11.3 Å². The van der Waals surface area contributed by atoms with E-state index in [2.05, 4.69) is 17.6 Å². The zero-order valence-electron chi connectivity index (χ0n) is 10.9. The Balaban J connectivity index is 1.81. The van der Waals surface area contributed by atoms with Crippen molar-refractivity contribution >= 4 is 15.7 Å². The molecule has 2 rings (SSSR count). The molecular weight excluding hydrogens is 252 g/mol. The SMILES string of the molecule is CC1(CNC(=O)C2CCS(=O)(=O)C2)CCCNC1. The van der Waals surface area contributed by atoms with Gasteiger partial charge in [-0.05, 0) is 31.2 Å². The zero-order valence-corrected chi connectivity index (χ0v) is 11.7. The van der Waals surface area contributed by atoms with Crippen LogP contribution in [0.4, 0.5) is 0 Å². The number of carbonyl (C=O) groups is 1. The van der Waals surface area contributed by atoms with Crippen LogP contribution in [-0.2, 0) is 14.6 Å². The number of hydrogen-bond donors (Lipinski definition) is 2. The normalized spacial score (nSPS) is 35.3. The van der Waals surface area contributed by atoms with Gasteiger partial charge in [-0.3, -0.25) is 4.79 Å². The quantitative estimate of drug-likeness (QED) is 0.755. The van der Waals surface area contributed by atoms with Gasteiger partial charge in [-0.15, -0.1) is 0 Å². The van der Waals surface area contributed by atoms with Crippen LogP contribution >= 0.6 is 0 Å². The van der Waals surface area contributed by atoms with Gasteiger partial charge >= 0.3 is 0 Å². The van der Waals surface area contributed by atoms with Crippen molar-refractivity contribution in [3.05, 3.63) is 0 Å². The summed E-state index contributed by atoms with van der Waals surface area (Å²) in [6.45, 7) is 4.75. The minimum absolute atomic E-state index is 0.0216. The number of nitrogens with one attached hydrogen (secondary N) is 2. The molecule has 0 radical (unpaired) electrons. The second-order valence-electron chi connectivity index (χ2n) is 5.91. The lowest BCUT2D eigenvalue weighted by atomic mass is 9.82. The molecule has 2 aliphatic rings. The minimum atomic E-state index is -2.97. The molecule has 5 nitrogen and oxygen atoms in total. The summed E-state index contributed by atoms with van der Waals surface area (Å²) in [6, 6.07) is 0. The first kappa shape index (κ1) is 13.8. The van der Waals surface area contributed by atoms with Crippen molar-refractivity contribution in [1.82, 2.24) is 10.6 Å². The predicted molar refractivity (Wildman–Crippen MR) is 70.0 cm³/mol. The van der Waals surface area contributed by atoms with E-state index in [4.69, 9.17) is 0 Å². The molecule has 0 spiro atoms. The standard InChI is InChI=1S/C12H22N2O3S/c1-12(4-2-5-13-8-12)9-14-11(15)10-3-6-18(16,17)7-10/h10,13H,2-9H2,1H3,(H,14,15). The van der Waals surface area contributed by atoms with E-state index >= 15 is 0 Å². The predicted octanol–water partition coefficient (Wildman–Crippen LogP) is -0.0730. The third-order valence-electron chi connectivity index (χ3n) is 3.98. The Kier molecular flexibility index (Phi) is 3.96. The number of amides is 1. The van der Waals surface area contributed by atoms with Gasteiger partial charge < -0.3 is 10.6 Å². The van der Waals surface area contributed by atoms with E-state index in [0.29, 0.717) is 13.0 Å². The highest BCUT2D eigenvalue weighted by molar-refractivity contribution is 7.91. The largest absolute Gasteiger partial charge is 0.355 e. The van der Waals surface area contributed by atoms with Crippen molar-refractivity contribution in [1.29, 1.82) is 0 Å². The summed E-state index contributed by atoms with van der Waals surface area (Å²) in [4.78, 5) is 11.9. The number of piperidine rings is 1. The third kappa shape index (κ3) is 3.45. The van der Waals surface area contributed by atoms with E-state index in [1.807, 2.05) is 0 Å². The summed E-state index contributed by atoms with van der Waals surface area (Å²) in [7, 11) is -2.97. The molecule has 2 N–H and O–H groups in total. The van der Waals surface area contributed by atoms with Gasteiger partial charge in [-0.2, -0.15) is 0 Å². The van der Waals surface area contributed by atoms with E-state index in [-0.39, 0.29) is 28.7 Å². The fourth-order valence-electron chi connectivity index (χ4n) is 2.72. The highest BCUT2D eigenvalue weighted by Crippen LogP contribution is 2.25. The number of sulfone groups is 1. The first-order chi connectivity index (χ1) is 8.40. The van der Waals surface area contributed by atoms with Crippen LogP contribution in [-0.4, -0.2) is 45.5 Å². The van der Waals surface area contributed by atoms with Crippen molar-refractivity contribution in [3.63, 3.8) is 0 Å². The highest BCUT2D eigenvalue weighted by Gasteiger charge is 2.34. The average Bonchev–Trinajstić information content (AvgIpc) is 2.68. The van der Waals surface area contributed by atoms with E-state index in [0.717, 1.165) is 25.9 Å². The van der Waals surface area contributed by atoms with Crippen LogP contribution in [0.2, 0.25) is 0 Å². The Hall–Kier alpha value is -0.620. The first-order valence-corrected chi connectivity index (χ1v) is 8.41. The second-order valence-corrected chi connectivity index (χ2v) is 8.14. The molecule has 104 valence electrons. The fourth-order valence-corrected chi connectivity index (χ4v) is 4.46. The fraction of sp³-hybridized carbons (Fsp3) is 0.917. The molecule has 1 amide bonds. The summed E-state index contributed by atoms with van der Waals surface area (Å²) in [5.74, 6) is -0.254. The van der Waals surface area contributed by atoms with Crippen molar-refractivity contribution < 1.29 is 13.2 Å². The average molecular weight is 274 g/mol. The topological polar surface area (TPSA) is 75.3 Å². The van der Waals surface area contributed by atoms with Crippen molar-refractivity contribution in [2.45, 2.75) is 26.2 Å². The Morgan fingerprint density at radius 2 is 2.28 bits per heavy atom. The van der Waals surface area contributed by atoms with Crippen LogP contribution in [0.15, 0.2) is 0 Å². The molecule has 18 heavy (non-hydrogen) atoms. The van der Waals surface area contributed by atoms with Gasteiger partial charge in [0.05, 0.1) is 17.4 Å². The summed E-state index contributed by atoms with van der Waals surface area (Å²) >= 11 is 0. The maximum absolute atomic E-state index is 11.9. The van der Waals surface area contributed by atoms with Crippen LogP contribution in [0.25, 0.3) is 0 Å². The maximum Gasteiger partial charge on any atom is 0.224 e. The molecule has 0 bridgehead atoms. The molecule has 2 unspecified atom stereocenters. The van der Waals surface area contributed by atoms with Crippen molar-refractivity contribution in [2.24, 2.45) is 11.3 Å². The van der Waals surface area contributed by atoms with E-state index in [1.54, 1.807) is 0 Å². The molecule has 0 aliphatic carbocycles. The lowest BCUT2D eigenvalue weighted by Crippen LogP contribution is -2.46. The van der Waals surface area contributed by atoms with E-state index in [1.165, 1.54) is 0 Å². The lowest BCUT2D eigenvalue weighted by Gasteiger charge is -2.34. The molecule has 2 atom stereocenters. The Bertz CT molecular complexity index is 413. The monoisotopic (exact) mass is 274 g/mol. The summed E-state index contributed by atoms with van der Waals surface area (Å²) < 4.78 is 22.6. The molecule has 0 aromatic carbocycles. The number of hydrogen-bond acceptors (Lipinski definition) is 4. The van der Waals surface area contributed by atoms with Crippen LogP contribution < -0.4 is 10.6 Å². The van der Waals surface area contributed by atoms with Gasteiger partial charge in [0.15, 0.2) is 9.84 Å². The molecule has 0 aromatic rings. The van der Waals surface area contributed by atoms with Crippen LogP contribution in [0.3, 0.4) is 0 Å². The van der Waals surface area contributed by atoms with Crippen LogP contribution in [0.1, 0.15) is 26.2 Å². The smallest absolute Gasteiger partial charge is 0.224 e. The van der Waals surface area contributed by atoms with Crippen molar-refractivity contribution in [3.8, 4) is 0 Å². The van der Waals surface area contributed by atoms with Gasteiger partial charge in [0.2, 0.25) is 5.91 Å². The Morgan fingerprint density at radius 1 is 1.50 bits per heavy atom. The molecule has 2 saturated heterocycles. The minimum Gasteiger partial charge on any atom is -0.355 e. The molecule has 0 aromatic heterocycles. The van der Waals surface area contributed by atoms with Crippen molar-refractivity contribution in [2.75, 3.05) is 31.1 Å². The highest BCUT2D eigenvalue weighted by atomic mass is 32.2. The lowest BCUT2D eigenvalue weighted by molar-refractivity contribution is -0.124. The number of carbonyl (C=O) groups excluding carboxylic acids is 1. The molecule has 2 aliphatic heterocycles. The molecule has 0 saturated carbocycles. The summed E-state index contributed by atoms with van der Waals surface area (Å²) in [5.41, 5.74) is 0.103. The summed E-state index contributed by atoms with van der Waals surface area (Å²) in [6.07, 6.45) is 2.70. The first-order valence-electron chi connectivity index (χ1n) is 6.59. The van der Waals surface area contributed by atoms with E-state index in [9.17, 15) is 13.2 Å². The third-order valence-corrected chi connectivity index (χ3v) is 5.75. The van der Waals surface area contributed by atoms with Crippen LogP contribution in [0.5, 0.6) is 0 Å². The van der Waals surface area contributed by atoms with E-state index < -0.39 is 9.84 Å². The maximum atomic E-state index is 11.9. The van der Waals surface area contributed by atoms with Gasteiger partial charge in [0.1, 0.15) is 0 Å². The number of rotatable bonds is 3. The second kappa shape index (κ2) is 5.17. The molecule has 2 fully saturated rings. The summed E-state index contributed by atoms with van der Waals surface area (Å²) in [5, 5.41) is 6.26. The Morgan fingerprint density at radius 3 is 2.83 bits per heavy atom. The zero-order chi connectivity index (χ0) is 13.2. The van der Waals surface area contributed by atoms with Gasteiger partial charge in [0.25, 0.3) is 0 Å². The molecule has 2 heterocycles. The molecular formula is C12H22N2O3S. The van der Waals surface area contributed by atoms with Gasteiger partial charge in [0, 0.05) is 13.1 Å². The van der Waals surface area contributed by atoms with Gasteiger partial charge in [-0.1, -0.05) is 6.92 Å². The molecule has 6 heteroatoms.